The molecule has 3 rings (SSSR count). The highest BCUT2D eigenvalue weighted by atomic mass is 32.1. The molecule has 1 unspecified atom stereocenters. The van der Waals surface area contributed by atoms with Gasteiger partial charge in [-0.3, -0.25) is 19.7 Å². The number of hydrogen-bond acceptors (Lipinski definition) is 7. The molecular weight excluding hydrogens is 414 g/mol. The zero-order chi connectivity index (χ0) is 21.0. The number of benzene rings is 1. The summed E-state index contributed by atoms with van der Waals surface area (Å²) < 4.78 is 0. The van der Waals surface area contributed by atoms with Crippen molar-refractivity contribution >= 4 is 45.9 Å². The molecule has 150 valence electrons. The standard InChI is InChI=1S/C19H17N3O5S2/c1-12-9-14(22(26)27)4-5-15(12)21-18(24)17(23)20-11-19(25,13-6-8-28-10-13)16-3-2-7-29-16/h2-10,25H,11H2,1H3,(H,20,23)(H,21,24). The summed E-state index contributed by atoms with van der Waals surface area (Å²) in [4.78, 5) is 35.4. The molecule has 2 heterocycles. The van der Waals surface area contributed by atoms with Crippen molar-refractivity contribution in [3.05, 3.63) is 78.7 Å². The van der Waals surface area contributed by atoms with Crippen molar-refractivity contribution in [2.45, 2.75) is 12.5 Å². The fourth-order valence-corrected chi connectivity index (χ4v) is 4.28. The average Bonchev–Trinajstić information content (AvgIpc) is 3.41. The maximum absolute atomic E-state index is 12.3. The van der Waals surface area contributed by atoms with E-state index in [2.05, 4.69) is 10.6 Å². The van der Waals surface area contributed by atoms with Gasteiger partial charge in [0.15, 0.2) is 0 Å². The highest BCUT2D eigenvalue weighted by Gasteiger charge is 2.34. The Balaban J connectivity index is 1.69. The summed E-state index contributed by atoms with van der Waals surface area (Å²) in [6.45, 7) is 1.41. The molecule has 10 heteroatoms. The van der Waals surface area contributed by atoms with E-state index in [9.17, 15) is 24.8 Å². The topological polar surface area (TPSA) is 122 Å². The number of carbonyl (C=O) groups excluding carboxylic acids is 2. The summed E-state index contributed by atoms with van der Waals surface area (Å²) in [6.07, 6.45) is 0. The van der Waals surface area contributed by atoms with Gasteiger partial charge in [0.05, 0.1) is 11.5 Å². The second-order valence-corrected chi connectivity index (χ2v) is 7.97. The van der Waals surface area contributed by atoms with Crippen LogP contribution < -0.4 is 10.6 Å². The Hall–Kier alpha value is -3.08. The number of thiophene rings is 2. The number of nitrogens with one attached hydrogen (secondary N) is 2. The van der Waals surface area contributed by atoms with Gasteiger partial charge in [-0.2, -0.15) is 11.3 Å². The molecule has 1 atom stereocenters. The molecule has 0 aliphatic carbocycles. The van der Waals surface area contributed by atoms with Crippen LogP contribution >= 0.6 is 22.7 Å². The van der Waals surface area contributed by atoms with E-state index in [4.69, 9.17) is 0 Å². The van der Waals surface area contributed by atoms with E-state index in [0.717, 1.165) is 0 Å². The zero-order valence-corrected chi connectivity index (χ0v) is 16.9. The van der Waals surface area contributed by atoms with Crippen molar-refractivity contribution in [3.63, 3.8) is 0 Å². The number of nitro groups is 1. The molecule has 8 nitrogen and oxygen atoms in total. The Labute approximate surface area is 174 Å². The molecule has 0 saturated heterocycles. The van der Waals surface area contributed by atoms with Crippen LogP contribution in [0, 0.1) is 17.0 Å². The largest absolute Gasteiger partial charge is 0.378 e. The summed E-state index contributed by atoms with van der Waals surface area (Å²) >= 11 is 2.76. The minimum absolute atomic E-state index is 0.110. The quantitative estimate of drug-likeness (QED) is 0.315. The van der Waals surface area contributed by atoms with Gasteiger partial charge in [-0.05, 0) is 46.8 Å². The number of non-ortho nitro benzene ring substituents is 1. The van der Waals surface area contributed by atoms with Gasteiger partial charge in [-0.1, -0.05) is 6.07 Å². The summed E-state index contributed by atoms with van der Waals surface area (Å²) in [5, 5.41) is 32.3. The molecule has 0 spiro atoms. The lowest BCUT2D eigenvalue weighted by Crippen LogP contribution is -2.44. The van der Waals surface area contributed by atoms with E-state index >= 15 is 0 Å². The highest BCUT2D eigenvalue weighted by molar-refractivity contribution is 7.10. The minimum atomic E-state index is -1.45. The van der Waals surface area contributed by atoms with Gasteiger partial charge in [0.1, 0.15) is 5.60 Å². The fraction of sp³-hybridized carbons (Fsp3) is 0.158. The van der Waals surface area contributed by atoms with E-state index in [-0.39, 0.29) is 12.2 Å². The van der Waals surface area contributed by atoms with Crippen molar-refractivity contribution in [2.24, 2.45) is 0 Å². The smallest absolute Gasteiger partial charge is 0.313 e. The third-order valence-electron chi connectivity index (χ3n) is 4.31. The number of rotatable bonds is 6. The SMILES string of the molecule is Cc1cc([N+](=O)[O-])ccc1NC(=O)C(=O)NCC(O)(c1ccsc1)c1cccs1. The van der Waals surface area contributed by atoms with E-state index in [1.54, 1.807) is 30.5 Å². The average molecular weight is 431 g/mol. The second-order valence-electron chi connectivity index (χ2n) is 6.24. The second kappa shape index (κ2) is 8.52. The van der Waals surface area contributed by atoms with Crippen LogP contribution in [0.25, 0.3) is 0 Å². The third kappa shape index (κ3) is 4.50. The first-order valence-corrected chi connectivity index (χ1v) is 10.3. The first-order valence-electron chi connectivity index (χ1n) is 8.44. The van der Waals surface area contributed by atoms with Crippen LogP contribution in [-0.2, 0) is 15.2 Å². The van der Waals surface area contributed by atoms with Crippen LogP contribution in [0.5, 0.6) is 0 Å². The van der Waals surface area contributed by atoms with Crippen LogP contribution in [-0.4, -0.2) is 28.4 Å². The maximum Gasteiger partial charge on any atom is 0.313 e. The zero-order valence-electron chi connectivity index (χ0n) is 15.2. The molecule has 2 amide bonds. The molecule has 3 aromatic rings. The lowest BCUT2D eigenvalue weighted by molar-refractivity contribution is -0.384. The molecule has 0 bridgehead atoms. The van der Waals surface area contributed by atoms with Gasteiger partial charge in [-0.15, -0.1) is 11.3 Å². The van der Waals surface area contributed by atoms with E-state index < -0.39 is 22.3 Å². The summed E-state index contributed by atoms with van der Waals surface area (Å²) in [5.74, 6) is -1.85. The Morgan fingerprint density at radius 3 is 2.59 bits per heavy atom. The van der Waals surface area contributed by atoms with E-state index in [1.165, 1.54) is 40.9 Å². The van der Waals surface area contributed by atoms with Crippen molar-refractivity contribution in [3.8, 4) is 0 Å². The van der Waals surface area contributed by atoms with E-state index in [1.807, 2.05) is 10.8 Å². The predicted octanol–water partition coefficient (Wildman–Crippen LogP) is 3.02. The monoisotopic (exact) mass is 431 g/mol. The van der Waals surface area contributed by atoms with Gasteiger partial charge in [0.25, 0.3) is 5.69 Å². The van der Waals surface area contributed by atoms with Crippen LogP contribution in [0.4, 0.5) is 11.4 Å². The van der Waals surface area contributed by atoms with Crippen LogP contribution in [0.1, 0.15) is 16.0 Å². The number of nitro benzene ring substituents is 1. The van der Waals surface area contributed by atoms with Crippen LogP contribution in [0.3, 0.4) is 0 Å². The molecule has 0 aliphatic heterocycles. The predicted molar refractivity (Wildman–Crippen MR) is 111 cm³/mol. The number of carbonyl (C=O) groups is 2. The lowest BCUT2D eigenvalue weighted by atomic mass is 9.94. The Morgan fingerprint density at radius 1 is 1.21 bits per heavy atom. The number of amides is 2. The van der Waals surface area contributed by atoms with Crippen molar-refractivity contribution in [2.75, 3.05) is 11.9 Å². The normalized spacial score (nSPS) is 12.8. The molecule has 3 N–H and O–H groups in total. The van der Waals surface area contributed by atoms with Gasteiger partial charge in [0, 0.05) is 28.3 Å². The van der Waals surface area contributed by atoms with Crippen LogP contribution in [0.2, 0.25) is 0 Å². The Morgan fingerprint density at radius 2 is 2.00 bits per heavy atom. The Bertz CT molecular complexity index is 998. The van der Waals surface area contributed by atoms with Gasteiger partial charge in [0.2, 0.25) is 0 Å². The number of hydrogen-bond donors (Lipinski definition) is 3. The molecule has 0 aliphatic rings. The number of aliphatic hydroxyl groups is 1. The van der Waals surface area contributed by atoms with Crippen molar-refractivity contribution in [1.82, 2.24) is 5.32 Å². The van der Waals surface area contributed by atoms with Gasteiger partial charge >= 0.3 is 11.8 Å². The third-order valence-corrected chi connectivity index (χ3v) is 6.01. The molecule has 2 aromatic heterocycles. The van der Waals surface area contributed by atoms with Crippen molar-refractivity contribution < 1.29 is 19.6 Å². The van der Waals surface area contributed by atoms with E-state index in [0.29, 0.717) is 21.7 Å². The molecule has 29 heavy (non-hydrogen) atoms. The molecule has 0 saturated carbocycles. The van der Waals surface area contributed by atoms with Gasteiger partial charge < -0.3 is 15.7 Å². The summed E-state index contributed by atoms with van der Waals surface area (Å²) in [5.41, 5.74) is -0.192. The van der Waals surface area contributed by atoms with Crippen LogP contribution in [0.15, 0.2) is 52.5 Å². The first kappa shape index (κ1) is 20.6. The Kier molecular flexibility index (Phi) is 6.06. The molecule has 0 fully saturated rings. The highest BCUT2D eigenvalue weighted by Crippen LogP contribution is 2.33. The van der Waals surface area contributed by atoms with Gasteiger partial charge in [-0.25, -0.2) is 0 Å². The molecule has 0 radical (unpaired) electrons. The maximum atomic E-state index is 12.3. The summed E-state index contributed by atoms with van der Waals surface area (Å²) in [7, 11) is 0. The number of nitrogens with zero attached hydrogens (tertiary/aromatic N) is 1. The first-order chi connectivity index (χ1) is 13.8. The molecule has 1 aromatic carbocycles. The minimum Gasteiger partial charge on any atom is -0.378 e. The molecular formula is C19H17N3O5S2. The van der Waals surface area contributed by atoms with Crippen molar-refractivity contribution in [1.29, 1.82) is 0 Å². The summed E-state index contributed by atoms with van der Waals surface area (Å²) in [6, 6.07) is 9.23. The number of aryl methyl sites for hydroxylation is 1. The lowest BCUT2D eigenvalue weighted by Gasteiger charge is -2.26. The number of anilines is 1. The fourth-order valence-electron chi connectivity index (χ4n) is 2.71.